The Morgan fingerprint density at radius 3 is 2.59 bits per heavy atom. The number of carbonyl (C=O) groups excluding carboxylic acids is 3. The molecule has 1 aromatic carbocycles. The van der Waals surface area contributed by atoms with E-state index in [0.29, 0.717) is 18.4 Å². The van der Waals surface area contributed by atoms with Crippen LogP contribution in [0.5, 0.6) is 5.75 Å². The molecule has 1 aromatic rings. The van der Waals surface area contributed by atoms with Crippen molar-refractivity contribution in [2.24, 2.45) is 17.6 Å². The molecule has 0 bridgehead atoms. The van der Waals surface area contributed by atoms with Crippen LogP contribution in [0.1, 0.15) is 28.8 Å². The molecule has 4 rings (SSSR count). The molecule has 1 amide bonds. The normalized spacial score (nSPS) is 28.6. The highest BCUT2D eigenvalue weighted by Gasteiger charge is 2.63. The van der Waals surface area contributed by atoms with E-state index in [-0.39, 0.29) is 36.5 Å². The van der Waals surface area contributed by atoms with Gasteiger partial charge in [0.25, 0.3) is 5.91 Å². The monoisotopic (exact) mass is 472 g/mol. The van der Waals surface area contributed by atoms with Crippen LogP contribution >= 0.6 is 0 Å². The van der Waals surface area contributed by atoms with Crippen LogP contribution in [0, 0.1) is 11.8 Å². The zero-order valence-electron chi connectivity index (χ0n) is 18.9. The van der Waals surface area contributed by atoms with Gasteiger partial charge in [-0.05, 0) is 44.5 Å². The Morgan fingerprint density at radius 1 is 1.26 bits per heavy atom. The quantitative estimate of drug-likeness (QED) is 0.286. The number of fused-ring (bicyclic) bond motifs is 3. The van der Waals surface area contributed by atoms with E-state index in [1.165, 1.54) is 4.90 Å². The van der Waals surface area contributed by atoms with Crippen LogP contribution in [-0.4, -0.2) is 81.8 Å². The molecule has 0 fully saturated rings. The van der Waals surface area contributed by atoms with Crippen LogP contribution in [0.4, 0.5) is 0 Å². The first-order valence-electron chi connectivity index (χ1n) is 11.1. The maximum Gasteiger partial charge on any atom is 0.255 e. The Bertz CT molecular complexity index is 1140. The zero-order chi connectivity index (χ0) is 24.9. The lowest BCUT2D eigenvalue weighted by molar-refractivity contribution is -0.148. The van der Waals surface area contributed by atoms with Crippen molar-refractivity contribution in [1.29, 1.82) is 0 Å². The maximum absolute atomic E-state index is 13.6. The van der Waals surface area contributed by atoms with E-state index in [1.54, 1.807) is 32.3 Å². The molecule has 10 nitrogen and oxygen atoms in total. The second kappa shape index (κ2) is 8.53. The van der Waals surface area contributed by atoms with Crippen molar-refractivity contribution in [2.75, 3.05) is 27.3 Å². The molecule has 0 aromatic heterocycles. The van der Waals surface area contributed by atoms with Crippen LogP contribution in [0.2, 0.25) is 0 Å². The minimum Gasteiger partial charge on any atom is -0.510 e. The lowest BCUT2D eigenvalue weighted by atomic mass is 9.58. The number of hydrogen-bond donors (Lipinski definition) is 5. The van der Waals surface area contributed by atoms with Crippen molar-refractivity contribution >= 4 is 17.5 Å². The standard InChI is InChI=1S/C24H28N2O8/c1-26(2)18-13-10-12-9-11-5-3-6-14(34-8-4-7-27)15(11)19(28)16(12)21(30)24(13,33)22(31)17(20(18)29)23(25)32/h3,5-6,12-13,18,27,29-30,33H,4,7-10H2,1-2H3,(H2,25,32)/t12-,13-,18-,24-/m0/s1. The van der Waals surface area contributed by atoms with Gasteiger partial charge in [0.15, 0.2) is 11.4 Å². The van der Waals surface area contributed by atoms with Crippen LogP contribution in [0.3, 0.4) is 0 Å². The molecule has 3 aliphatic rings. The molecule has 0 radical (unpaired) electrons. The minimum atomic E-state index is -2.60. The van der Waals surface area contributed by atoms with Gasteiger partial charge in [0.05, 0.1) is 18.2 Å². The number of nitrogens with zero attached hydrogens (tertiary/aromatic N) is 1. The third-order valence-corrected chi connectivity index (χ3v) is 7.00. The number of ether oxygens (including phenoxy) is 1. The second-order valence-corrected chi connectivity index (χ2v) is 9.18. The molecule has 0 saturated carbocycles. The number of ketones is 2. The van der Waals surface area contributed by atoms with Gasteiger partial charge in [-0.3, -0.25) is 19.3 Å². The van der Waals surface area contributed by atoms with Gasteiger partial charge < -0.3 is 30.9 Å². The molecule has 34 heavy (non-hydrogen) atoms. The maximum atomic E-state index is 13.6. The average molecular weight is 472 g/mol. The Hall–Kier alpha value is -3.21. The van der Waals surface area contributed by atoms with E-state index in [1.807, 2.05) is 0 Å². The van der Waals surface area contributed by atoms with Crippen molar-refractivity contribution in [3.05, 3.63) is 52.0 Å². The summed E-state index contributed by atoms with van der Waals surface area (Å²) in [5.41, 5.74) is 2.75. The van der Waals surface area contributed by atoms with Crippen molar-refractivity contribution < 1.29 is 39.5 Å². The zero-order valence-corrected chi connectivity index (χ0v) is 18.9. The highest BCUT2D eigenvalue weighted by Crippen LogP contribution is 2.52. The Labute approximate surface area is 195 Å². The molecular weight excluding hydrogens is 444 g/mol. The summed E-state index contributed by atoms with van der Waals surface area (Å²) in [6.45, 7) is 0.0961. The number of benzene rings is 1. The fraction of sp³-hybridized carbons (Fsp3) is 0.458. The average Bonchev–Trinajstić information content (AvgIpc) is 2.76. The number of amides is 1. The van der Waals surface area contributed by atoms with Crippen LogP contribution in [-0.2, 0) is 16.0 Å². The van der Waals surface area contributed by atoms with Gasteiger partial charge in [-0.2, -0.15) is 0 Å². The SMILES string of the molecule is CN(C)[C@@H]1C(O)=C(C(N)=O)C(=O)[C@@]2(O)C(O)=C3C(=O)c4c(cccc4OCCCO)C[C@H]3C[C@@H]12. The molecule has 10 heteroatoms. The van der Waals surface area contributed by atoms with Crippen LogP contribution in [0.25, 0.3) is 0 Å². The van der Waals surface area contributed by atoms with Gasteiger partial charge in [0, 0.05) is 24.5 Å². The second-order valence-electron chi connectivity index (χ2n) is 9.18. The summed E-state index contributed by atoms with van der Waals surface area (Å²) >= 11 is 0. The first-order valence-corrected chi connectivity index (χ1v) is 11.1. The number of aliphatic hydroxyl groups excluding tert-OH is 3. The number of Topliss-reactive ketones (excluding diaryl/α,β-unsaturated/α-hetero) is 2. The smallest absolute Gasteiger partial charge is 0.255 e. The molecule has 0 saturated heterocycles. The topological polar surface area (TPSA) is 171 Å². The first kappa shape index (κ1) is 23.9. The largest absolute Gasteiger partial charge is 0.510 e. The van der Waals surface area contributed by atoms with E-state index in [9.17, 15) is 29.7 Å². The molecule has 0 spiro atoms. The van der Waals surface area contributed by atoms with Crippen molar-refractivity contribution in [3.8, 4) is 5.75 Å². The molecular formula is C24H28N2O8. The minimum absolute atomic E-state index is 0.0802. The first-order chi connectivity index (χ1) is 16.0. The molecule has 0 aliphatic heterocycles. The summed E-state index contributed by atoms with van der Waals surface area (Å²) in [7, 11) is 3.20. The van der Waals surface area contributed by atoms with Gasteiger partial charge >= 0.3 is 0 Å². The van der Waals surface area contributed by atoms with Crippen molar-refractivity contribution in [2.45, 2.75) is 30.9 Å². The number of aliphatic hydroxyl groups is 4. The number of hydrogen-bond acceptors (Lipinski definition) is 9. The molecule has 0 heterocycles. The van der Waals surface area contributed by atoms with Gasteiger partial charge in [-0.25, -0.2) is 0 Å². The highest BCUT2D eigenvalue weighted by molar-refractivity contribution is 6.24. The molecule has 3 aliphatic carbocycles. The summed E-state index contributed by atoms with van der Waals surface area (Å²) in [6, 6.07) is 4.14. The summed E-state index contributed by atoms with van der Waals surface area (Å²) in [4.78, 5) is 40.4. The van der Waals surface area contributed by atoms with E-state index in [2.05, 4.69) is 0 Å². The lowest BCUT2D eigenvalue weighted by Crippen LogP contribution is -2.63. The van der Waals surface area contributed by atoms with Crippen molar-refractivity contribution in [3.63, 3.8) is 0 Å². The van der Waals surface area contributed by atoms with Gasteiger partial charge in [0.1, 0.15) is 22.8 Å². The molecule has 182 valence electrons. The van der Waals surface area contributed by atoms with Crippen LogP contribution < -0.4 is 10.5 Å². The Balaban J connectivity index is 1.87. The summed E-state index contributed by atoms with van der Waals surface area (Å²) in [5.74, 6) is -5.70. The third-order valence-electron chi connectivity index (χ3n) is 7.00. The predicted molar refractivity (Wildman–Crippen MR) is 119 cm³/mol. The number of primary amides is 1. The Morgan fingerprint density at radius 2 is 1.97 bits per heavy atom. The van der Waals surface area contributed by atoms with E-state index < -0.39 is 58.0 Å². The number of rotatable bonds is 6. The van der Waals surface area contributed by atoms with Crippen molar-refractivity contribution in [1.82, 2.24) is 4.90 Å². The van der Waals surface area contributed by atoms with E-state index in [4.69, 9.17) is 15.6 Å². The van der Waals surface area contributed by atoms with E-state index >= 15 is 0 Å². The highest BCUT2D eigenvalue weighted by atomic mass is 16.5. The number of nitrogens with two attached hydrogens (primary N) is 1. The Kier molecular flexibility index (Phi) is 6.01. The predicted octanol–water partition coefficient (Wildman–Crippen LogP) is 0.176. The summed E-state index contributed by atoms with van der Waals surface area (Å²) < 4.78 is 5.67. The van der Waals surface area contributed by atoms with Gasteiger partial charge in [-0.1, -0.05) is 12.1 Å². The molecule has 0 unspecified atom stereocenters. The number of allylic oxidation sites excluding steroid dienone is 1. The fourth-order valence-corrected chi connectivity index (χ4v) is 5.54. The van der Waals surface area contributed by atoms with Gasteiger partial charge in [0.2, 0.25) is 5.78 Å². The third kappa shape index (κ3) is 3.32. The van der Waals surface area contributed by atoms with E-state index in [0.717, 1.165) is 0 Å². The molecule has 6 N–H and O–H groups in total. The number of likely N-dealkylation sites (N-methyl/N-ethyl adjacent to an activating group) is 1. The summed E-state index contributed by atoms with van der Waals surface area (Å²) in [6.07, 6.45) is 0.801. The lowest BCUT2D eigenvalue weighted by Gasteiger charge is -2.50. The molecule has 4 atom stereocenters. The fourth-order valence-electron chi connectivity index (χ4n) is 5.54. The number of carbonyl (C=O) groups is 3. The van der Waals surface area contributed by atoms with Gasteiger partial charge in [-0.15, -0.1) is 0 Å². The summed E-state index contributed by atoms with van der Waals surface area (Å²) in [5, 5.41) is 42.6. The van der Waals surface area contributed by atoms with Crippen LogP contribution in [0.15, 0.2) is 40.9 Å².